The van der Waals surface area contributed by atoms with Crippen molar-refractivity contribution in [1.82, 2.24) is 14.8 Å². The first-order chi connectivity index (χ1) is 10.7. The van der Waals surface area contributed by atoms with Gasteiger partial charge in [-0.3, -0.25) is 9.36 Å². The normalized spacial score (nSPS) is 17.9. The van der Waals surface area contributed by atoms with Crippen LogP contribution in [0.5, 0.6) is 0 Å². The molecule has 1 aromatic carbocycles. The van der Waals surface area contributed by atoms with Crippen LogP contribution in [0, 0.1) is 5.82 Å². The van der Waals surface area contributed by atoms with Crippen molar-refractivity contribution in [3.05, 3.63) is 42.7 Å². The second kappa shape index (κ2) is 6.44. The maximum absolute atomic E-state index is 13.1. The molecule has 0 bridgehead atoms. The molecule has 4 nitrogen and oxygen atoms in total. The number of benzene rings is 1. The van der Waals surface area contributed by atoms with Gasteiger partial charge in [-0.1, -0.05) is 17.8 Å². The van der Waals surface area contributed by atoms with Gasteiger partial charge in [0.05, 0.1) is 5.25 Å². The van der Waals surface area contributed by atoms with E-state index >= 15 is 0 Å². The van der Waals surface area contributed by atoms with Crippen LogP contribution in [0.4, 0.5) is 4.39 Å². The molecule has 0 N–H and O–H groups in total. The van der Waals surface area contributed by atoms with E-state index in [0.29, 0.717) is 23.9 Å². The van der Waals surface area contributed by atoms with Gasteiger partial charge in [0.25, 0.3) is 0 Å². The van der Waals surface area contributed by atoms with Crippen LogP contribution in [0.25, 0.3) is 11.4 Å². The first-order valence-electron chi connectivity index (χ1n) is 7.18. The van der Waals surface area contributed by atoms with Crippen molar-refractivity contribution >= 4 is 17.5 Å². The Bertz CT molecular complexity index is 696. The molecule has 1 saturated carbocycles. The lowest BCUT2D eigenvalue weighted by Gasteiger charge is -2.10. The summed E-state index contributed by atoms with van der Waals surface area (Å²) in [5.74, 6) is 0.652. The van der Waals surface area contributed by atoms with Gasteiger partial charge in [0.2, 0.25) is 0 Å². The predicted molar refractivity (Wildman–Crippen MR) is 84.1 cm³/mol. The standard InChI is InChI=1S/C16H16FN3OS/c1-2-10-20-15(11-6-8-12(17)9-7-11)18-19-16(20)22-14-5-3-4-13(14)21/h2,6-9,14H,1,3-5,10H2/t14-/m1/s1. The average Bonchev–Trinajstić information content (AvgIpc) is 3.09. The van der Waals surface area contributed by atoms with Crippen molar-refractivity contribution in [1.29, 1.82) is 0 Å². The number of hydrogen-bond donors (Lipinski definition) is 0. The summed E-state index contributed by atoms with van der Waals surface area (Å²) in [5, 5.41) is 9.10. The minimum atomic E-state index is -0.287. The lowest BCUT2D eigenvalue weighted by atomic mass is 10.2. The van der Waals surface area contributed by atoms with Crippen LogP contribution in [0.1, 0.15) is 19.3 Å². The van der Waals surface area contributed by atoms with Crippen molar-refractivity contribution < 1.29 is 9.18 Å². The number of Topliss-reactive ketones (excluding diaryl/α,β-unsaturated/α-hetero) is 1. The first kappa shape index (κ1) is 15.0. The van der Waals surface area contributed by atoms with Crippen LogP contribution in [0.2, 0.25) is 0 Å². The fraction of sp³-hybridized carbons (Fsp3) is 0.312. The molecule has 0 amide bonds. The smallest absolute Gasteiger partial charge is 0.192 e. The van der Waals surface area contributed by atoms with Gasteiger partial charge in [-0.2, -0.15) is 0 Å². The maximum atomic E-state index is 13.1. The Kier molecular flexibility index (Phi) is 4.38. The number of rotatable bonds is 5. The van der Waals surface area contributed by atoms with Gasteiger partial charge in [0, 0.05) is 18.5 Å². The van der Waals surface area contributed by atoms with Crippen LogP contribution < -0.4 is 0 Å². The van der Waals surface area contributed by atoms with E-state index < -0.39 is 0 Å². The number of aromatic nitrogens is 3. The van der Waals surface area contributed by atoms with Crippen LogP contribution in [0.3, 0.4) is 0 Å². The zero-order chi connectivity index (χ0) is 15.5. The summed E-state index contributed by atoms with van der Waals surface area (Å²) in [6.45, 7) is 4.30. The minimum absolute atomic E-state index is 0.0335. The molecule has 114 valence electrons. The van der Waals surface area contributed by atoms with E-state index in [4.69, 9.17) is 0 Å². The van der Waals surface area contributed by atoms with Gasteiger partial charge >= 0.3 is 0 Å². The summed E-state index contributed by atoms with van der Waals surface area (Å²) in [5.41, 5.74) is 0.792. The van der Waals surface area contributed by atoms with Crippen molar-refractivity contribution in [2.75, 3.05) is 0 Å². The molecule has 0 spiro atoms. The number of hydrogen-bond acceptors (Lipinski definition) is 4. The number of nitrogens with zero attached hydrogens (tertiary/aromatic N) is 3. The van der Waals surface area contributed by atoms with Crippen molar-refractivity contribution in [3.8, 4) is 11.4 Å². The summed E-state index contributed by atoms with van der Waals surface area (Å²) >= 11 is 1.46. The highest BCUT2D eigenvalue weighted by Gasteiger charge is 2.27. The zero-order valence-electron chi connectivity index (χ0n) is 12.0. The Morgan fingerprint density at radius 3 is 2.77 bits per heavy atom. The second-order valence-corrected chi connectivity index (χ2v) is 6.35. The number of carbonyl (C=O) groups is 1. The molecule has 1 fully saturated rings. The Morgan fingerprint density at radius 1 is 1.36 bits per heavy atom. The van der Waals surface area contributed by atoms with Crippen LogP contribution >= 0.6 is 11.8 Å². The SMILES string of the molecule is C=CCn1c(S[C@@H]2CCCC2=O)nnc1-c1ccc(F)cc1. The summed E-state index contributed by atoms with van der Waals surface area (Å²) < 4.78 is 15.0. The molecule has 1 atom stereocenters. The number of halogens is 1. The minimum Gasteiger partial charge on any atom is -0.298 e. The Balaban J connectivity index is 1.92. The molecule has 0 saturated heterocycles. The summed E-state index contributed by atoms with van der Waals surface area (Å²) in [6.07, 6.45) is 4.24. The van der Waals surface area contributed by atoms with E-state index in [2.05, 4.69) is 16.8 Å². The third kappa shape index (κ3) is 2.97. The number of thioether (sulfide) groups is 1. The summed E-state index contributed by atoms with van der Waals surface area (Å²) in [6, 6.07) is 6.15. The van der Waals surface area contributed by atoms with E-state index in [9.17, 15) is 9.18 Å². The summed E-state index contributed by atoms with van der Waals surface area (Å²) in [4.78, 5) is 11.8. The van der Waals surface area contributed by atoms with Gasteiger partial charge in [-0.05, 0) is 37.1 Å². The quantitative estimate of drug-likeness (QED) is 0.792. The Hall–Kier alpha value is -1.95. The van der Waals surface area contributed by atoms with Gasteiger partial charge in [-0.25, -0.2) is 4.39 Å². The van der Waals surface area contributed by atoms with Crippen LogP contribution in [-0.4, -0.2) is 25.8 Å². The highest BCUT2D eigenvalue weighted by Crippen LogP contribution is 2.33. The van der Waals surface area contributed by atoms with Gasteiger partial charge in [0.15, 0.2) is 11.0 Å². The van der Waals surface area contributed by atoms with Gasteiger partial charge in [0.1, 0.15) is 11.6 Å². The molecular formula is C16H16FN3OS. The van der Waals surface area contributed by atoms with E-state index in [1.54, 1.807) is 18.2 Å². The first-order valence-corrected chi connectivity index (χ1v) is 8.06. The highest BCUT2D eigenvalue weighted by atomic mass is 32.2. The molecule has 1 aliphatic carbocycles. The molecule has 1 aliphatic rings. The van der Waals surface area contributed by atoms with E-state index in [1.165, 1.54) is 23.9 Å². The van der Waals surface area contributed by atoms with Crippen molar-refractivity contribution in [3.63, 3.8) is 0 Å². The number of ketones is 1. The van der Waals surface area contributed by atoms with Crippen LogP contribution in [-0.2, 0) is 11.3 Å². The Labute approximate surface area is 132 Å². The lowest BCUT2D eigenvalue weighted by Crippen LogP contribution is -2.10. The molecule has 3 rings (SSSR count). The fourth-order valence-electron chi connectivity index (χ4n) is 2.52. The third-order valence-electron chi connectivity index (χ3n) is 3.63. The molecule has 0 radical (unpaired) electrons. The fourth-order valence-corrected chi connectivity index (χ4v) is 3.68. The molecule has 2 aromatic rings. The second-order valence-electron chi connectivity index (χ2n) is 5.18. The monoisotopic (exact) mass is 317 g/mol. The predicted octanol–water partition coefficient (Wildman–Crippen LogP) is 3.48. The van der Waals surface area contributed by atoms with Crippen molar-refractivity contribution in [2.45, 2.75) is 36.2 Å². The average molecular weight is 317 g/mol. The molecule has 1 heterocycles. The molecule has 0 aliphatic heterocycles. The molecule has 1 aromatic heterocycles. The number of allylic oxidation sites excluding steroid dienone is 1. The largest absolute Gasteiger partial charge is 0.298 e. The lowest BCUT2D eigenvalue weighted by molar-refractivity contribution is -0.116. The number of carbonyl (C=O) groups excluding carboxylic acids is 1. The molecule has 6 heteroatoms. The summed E-state index contributed by atoms with van der Waals surface area (Å²) in [7, 11) is 0. The molecular weight excluding hydrogens is 301 g/mol. The maximum Gasteiger partial charge on any atom is 0.192 e. The van der Waals surface area contributed by atoms with E-state index in [0.717, 1.165) is 18.4 Å². The molecule has 22 heavy (non-hydrogen) atoms. The topological polar surface area (TPSA) is 47.8 Å². The third-order valence-corrected chi connectivity index (χ3v) is 4.92. The van der Waals surface area contributed by atoms with Crippen molar-refractivity contribution in [2.24, 2.45) is 0 Å². The van der Waals surface area contributed by atoms with Gasteiger partial charge < -0.3 is 0 Å². The van der Waals surface area contributed by atoms with Crippen LogP contribution in [0.15, 0.2) is 42.1 Å². The van der Waals surface area contributed by atoms with E-state index in [-0.39, 0.29) is 16.9 Å². The highest BCUT2D eigenvalue weighted by molar-refractivity contribution is 8.00. The molecule has 0 unspecified atom stereocenters. The van der Waals surface area contributed by atoms with Gasteiger partial charge in [-0.15, -0.1) is 16.8 Å². The van der Waals surface area contributed by atoms with E-state index in [1.807, 2.05) is 4.57 Å². The zero-order valence-corrected chi connectivity index (χ0v) is 12.9. The Morgan fingerprint density at radius 2 is 2.14 bits per heavy atom.